The second kappa shape index (κ2) is 7.15. The number of hydrogen-bond acceptors (Lipinski definition) is 1. The van der Waals surface area contributed by atoms with Crippen molar-refractivity contribution in [3.8, 4) is 0 Å². The molecule has 4 aliphatic carbocycles. The largest absolute Gasteiger partial charge is 0.309 e. The van der Waals surface area contributed by atoms with Crippen molar-refractivity contribution in [3.05, 3.63) is 35.9 Å². The van der Waals surface area contributed by atoms with Gasteiger partial charge in [-0.05, 0) is 97.3 Å². The van der Waals surface area contributed by atoms with Crippen molar-refractivity contribution in [1.29, 1.82) is 0 Å². The summed E-state index contributed by atoms with van der Waals surface area (Å²) >= 11 is 0. The topological polar surface area (TPSA) is 12.0 Å². The van der Waals surface area contributed by atoms with Crippen molar-refractivity contribution in [3.63, 3.8) is 0 Å². The number of rotatable bonds is 3. The maximum atomic E-state index is 4.00. The minimum atomic E-state index is 0.529. The van der Waals surface area contributed by atoms with Gasteiger partial charge in [0.1, 0.15) is 0 Å². The van der Waals surface area contributed by atoms with Crippen LogP contribution in [0.15, 0.2) is 30.3 Å². The van der Waals surface area contributed by atoms with Crippen LogP contribution in [-0.2, 0) is 6.54 Å². The molecule has 0 spiro atoms. The Labute approximate surface area is 173 Å². The van der Waals surface area contributed by atoms with Gasteiger partial charge in [-0.25, -0.2) is 0 Å². The lowest BCUT2D eigenvalue weighted by atomic mass is 9.44. The molecule has 4 aliphatic rings. The van der Waals surface area contributed by atoms with E-state index in [1.807, 2.05) is 0 Å². The molecular weight excluding hydrogens is 338 g/mol. The minimum absolute atomic E-state index is 0.529. The molecule has 0 radical (unpaired) electrons. The van der Waals surface area contributed by atoms with Crippen molar-refractivity contribution in [2.45, 2.75) is 91.1 Å². The summed E-state index contributed by atoms with van der Waals surface area (Å²) in [4.78, 5) is 0. The zero-order valence-electron chi connectivity index (χ0n) is 18.4. The fourth-order valence-electron chi connectivity index (χ4n) is 8.64. The quantitative estimate of drug-likeness (QED) is 0.607. The van der Waals surface area contributed by atoms with Gasteiger partial charge in [0.2, 0.25) is 0 Å². The molecule has 4 fully saturated rings. The molecule has 1 N–H and O–H groups in total. The summed E-state index contributed by atoms with van der Waals surface area (Å²) in [5.41, 5.74) is 2.63. The van der Waals surface area contributed by atoms with Crippen molar-refractivity contribution in [1.82, 2.24) is 5.32 Å². The highest BCUT2D eigenvalue weighted by Crippen LogP contribution is 2.66. The van der Waals surface area contributed by atoms with Gasteiger partial charge in [0.05, 0.1) is 0 Å². The van der Waals surface area contributed by atoms with Crippen LogP contribution in [0.2, 0.25) is 0 Å². The van der Waals surface area contributed by atoms with Crippen LogP contribution < -0.4 is 5.32 Å². The second-order valence-electron chi connectivity index (χ2n) is 11.6. The van der Waals surface area contributed by atoms with Crippen molar-refractivity contribution in [2.75, 3.05) is 0 Å². The van der Waals surface area contributed by atoms with E-state index in [-0.39, 0.29) is 0 Å². The van der Waals surface area contributed by atoms with Crippen LogP contribution in [0.4, 0.5) is 0 Å². The summed E-state index contributed by atoms with van der Waals surface area (Å²) in [5.74, 6) is 5.00. The molecule has 0 saturated heterocycles. The van der Waals surface area contributed by atoms with E-state index in [1.54, 1.807) is 0 Å². The van der Waals surface area contributed by atoms with Gasteiger partial charge >= 0.3 is 0 Å². The number of hydrogen-bond donors (Lipinski definition) is 1. The summed E-state index contributed by atoms with van der Waals surface area (Å²) < 4.78 is 0. The molecule has 28 heavy (non-hydrogen) atoms. The van der Waals surface area contributed by atoms with Crippen LogP contribution in [-0.4, -0.2) is 6.04 Å². The third-order valence-electron chi connectivity index (χ3n) is 10.3. The minimum Gasteiger partial charge on any atom is -0.309 e. The summed E-state index contributed by atoms with van der Waals surface area (Å²) in [5, 5.41) is 4.00. The average Bonchev–Trinajstić information content (AvgIpc) is 3.04. The Hall–Kier alpha value is -0.820. The first-order valence-corrected chi connectivity index (χ1v) is 12.3. The highest BCUT2D eigenvalue weighted by Gasteiger charge is 2.59. The average molecular weight is 380 g/mol. The zero-order valence-corrected chi connectivity index (χ0v) is 18.4. The Morgan fingerprint density at radius 1 is 0.857 bits per heavy atom. The Morgan fingerprint density at radius 3 is 2.43 bits per heavy atom. The molecule has 0 bridgehead atoms. The summed E-state index contributed by atoms with van der Waals surface area (Å²) in [6.07, 6.45) is 13.4. The number of benzene rings is 1. The first kappa shape index (κ1) is 19.2. The van der Waals surface area contributed by atoms with Gasteiger partial charge in [0, 0.05) is 12.6 Å². The molecule has 8 unspecified atom stereocenters. The zero-order chi connectivity index (χ0) is 19.4. The monoisotopic (exact) mass is 379 g/mol. The highest BCUT2D eigenvalue weighted by atomic mass is 14.9. The molecule has 1 aromatic rings. The van der Waals surface area contributed by atoms with Crippen LogP contribution in [0.5, 0.6) is 0 Å². The fourth-order valence-corrected chi connectivity index (χ4v) is 8.64. The van der Waals surface area contributed by atoms with E-state index in [2.05, 4.69) is 56.4 Å². The maximum absolute atomic E-state index is 4.00. The first-order chi connectivity index (χ1) is 13.5. The summed E-state index contributed by atoms with van der Waals surface area (Å²) in [6.45, 7) is 8.91. The van der Waals surface area contributed by atoms with Crippen molar-refractivity contribution < 1.29 is 0 Å². The van der Waals surface area contributed by atoms with Crippen LogP contribution in [0.25, 0.3) is 0 Å². The predicted octanol–water partition coefficient (Wildman–Crippen LogP) is 6.82. The van der Waals surface area contributed by atoms with E-state index in [0.717, 1.165) is 42.2 Å². The van der Waals surface area contributed by atoms with Crippen LogP contribution in [0.1, 0.15) is 84.1 Å². The molecule has 0 aromatic heterocycles. The van der Waals surface area contributed by atoms with Gasteiger partial charge < -0.3 is 5.32 Å². The number of nitrogens with one attached hydrogen (secondary N) is 1. The van der Waals surface area contributed by atoms with Gasteiger partial charge in [0.25, 0.3) is 0 Å². The van der Waals surface area contributed by atoms with E-state index in [9.17, 15) is 0 Å². The Morgan fingerprint density at radius 2 is 1.61 bits per heavy atom. The second-order valence-corrected chi connectivity index (χ2v) is 11.6. The van der Waals surface area contributed by atoms with E-state index >= 15 is 0 Å². The molecule has 154 valence electrons. The van der Waals surface area contributed by atoms with Crippen LogP contribution in [0, 0.1) is 40.4 Å². The predicted molar refractivity (Wildman–Crippen MR) is 118 cm³/mol. The molecule has 1 heteroatoms. The summed E-state index contributed by atoms with van der Waals surface area (Å²) in [7, 11) is 0. The van der Waals surface area contributed by atoms with Gasteiger partial charge in [-0.15, -0.1) is 0 Å². The van der Waals surface area contributed by atoms with Gasteiger partial charge in [-0.3, -0.25) is 0 Å². The van der Waals surface area contributed by atoms with Gasteiger partial charge in [-0.1, -0.05) is 57.5 Å². The lowest BCUT2D eigenvalue weighted by Gasteiger charge is -2.61. The standard InChI is InChI=1S/C27H41N/c1-19-13-15-26(2)21(17-19)9-10-22-23-11-12-25(27(23,3)16-14-24(22)26)28-18-20-7-5-4-6-8-20/h4-8,19,21-25,28H,9-18H2,1-3H3. The number of fused-ring (bicyclic) bond motifs is 5. The van der Waals surface area contributed by atoms with Gasteiger partial charge in [-0.2, -0.15) is 0 Å². The molecule has 0 heterocycles. The molecule has 1 aromatic carbocycles. The van der Waals surface area contributed by atoms with E-state index in [4.69, 9.17) is 0 Å². The first-order valence-electron chi connectivity index (χ1n) is 12.3. The molecule has 5 rings (SSSR count). The maximum Gasteiger partial charge on any atom is 0.0208 e. The third-order valence-corrected chi connectivity index (χ3v) is 10.3. The third kappa shape index (κ3) is 2.99. The molecule has 0 amide bonds. The van der Waals surface area contributed by atoms with E-state index < -0.39 is 0 Å². The summed E-state index contributed by atoms with van der Waals surface area (Å²) in [6, 6.07) is 11.7. The Bertz CT molecular complexity index is 683. The van der Waals surface area contributed by atoms with Crippen molar-refractivity contribution >= 4 is 0 Å². The molecule has 1 nitrogen and oxygen atoms in total. The smallest absolute Gasteiger partial charge is 0.0208 e. The van der Waals surface area contributed by atoms with Crippen LogP contribution >= 0.6 is 0 Å². The van der Waals surface area contributed by atoms with Gasteiger partial charge in [0.15, 0.2) is 0 Å². The molecule has 0 aliphatic heterocycles. The highest BCUT2D eigenvalue weighted by molar-refractivity contribution is 5.16. The molecular formula is C27H41N. The van der Waals surface area contributed by atoms with Crippen molar-refractivity contribution in [2.24, 2.45) is 40.4 Å². The van der Waals surface area contributed by atoms with E-state index in [1.165, 1.54) is 63.4 Å². The molecule has 4 saturated carbocycles. The van der Waals surface area contributed by atoms with Crippen LogP contribution in [0.3, 0.4) is 0 Å². The Balaban J connectivity index is 1.31. The SMILES string of the molecule is CC1CCC2(C)C(CCC3C2CCC2(C)C(NCc4ccccc4)CCC32)C1. The Kier molecular flexibility index (Phi) is 4.89. The lowest BCUT2D eigenvalue weighted by molar-refractivity contribution is -0.113. The fraction of sp³-hybridized carbons (Fsp3) is 0.778. The lowest BCUT2D eigenvalue weighted by Crippen LogP contribution is -2.55. The normalized spacial score (nSPS) is 47.8. The van der Waals surface area contributed by atoms with E-state index in [0.29, 0.717) is 10.8 Å². The molecule has 8 atom stereocenters.